The van der Waals surface area contributed by atoms with Crippen molar-refractivity contribution in [2.75, 3.05) is 24.8 Å². The number of sulfonamides is 1. The minimum absolute atomic E-state index is 0.100. The van der Waals surface area contributed by atoms with Crippen LogP contribution in [0.1, 0.15) is 10.4 Å². The zero-order chi connectivity index (χ0) is 26.0. The lowest BCUT2D eigenvalue weighted by atomic mass is 10.1. The fourth-order valence-electron chi connectivity index (χ4n) is 3.44. The van der Waals surface area contributed by atoms with Gasteiger partial charge in [-0.1, -0.05) is 11.6 Å². The first-order valence-electron chi connectivity index (χ1n) is 10.3. The lowest BCUT2D eigenvalue weighted by molar-refractivity contribution is 0.0602. The van der Waals surface area contributed by atoms with Crippen LogP contribution in [0.15, 0.2) is 69.8 Å². The highest BCUT2D eigenvalue weighted by molar-refractivity contribution is 7.92. The highest BCUT2D eigenvalue weighted by Gasteiger charge is 2.20. The lowest BCUT2D eigenvalue weighted by Gasteiger charge is -2.13. The number of hydrogen-bond donors (Lipinski definition) is 3. The normalized spacial score (nSPS) is 11.2. The third-order valence-corrected chi connectivity index (χ3v) is 8.21. The summed E-state index contributed by atoms with van der Waals surface area (Å²) in [4.78, 5) is 37.9. The van der Waals surface area contributed by atoms with E-state index in [1.54, 1.807) is 37.4 Å². The molecule has 0 aliphatic rings. The van der Waals surface area contributed by atoms with E-state index in [2.05, 4.69) is 10.6 Å². The van der Waals surface area contributed by atoms with Crippen LogP contribution in [0.5, 0.6) is 0 Å². The van der Waals surface area contributed by atoms with Crippen molar-refractivity contribution in [2.45, 2.75) is 4.21 Å². The minimum Gasteiger partial charge on any atom is -0.465 e. The van der Waals surface area contributed by atoms with Crippen molar-refractivity contribution in [3.05, 3.63) is 81.0 Å². The smallest absolute Gasteiger partial charge is 0.340 e. The van der Waals surface area contributed by atoms with Crippen LogP contribution in [0, 0.1) is 0 Å². The highest BCUT2D eigenvalue weighted by atomic mass is 35.5. The number of pyridine rings is 1. The third kappa shape index (κ3) is 5.05. The number of ether oxygens (including phenoxy) is 1. The number of esters is 1. The van der Waals surface area contributed by atoms with Crippen molar-refractivity contribution in [1.82, 2.24) is 9.29 Å². The molecule has 186 valence electrons. The molecule has 2 amide bonds. The van der Waals surface area contributed by atoms with Gasteiger partial charge in [-0.15, -0.1) is 11.3 Å². The van der Waals surface area contributed by atoms with Crippen LogP contribution in [0.4, 0.5) is 16.2 Å². The fourth-order valence-corrected chi connectivity index (χ4v) is 5.83. The Morgan fingerprint density at radius 1 is 1.00 bits per heavy atom. The molecule has 3 N–H and O–H groups in total. The SMILES string of the molecule is CNc1ccc2c(=O)n(-c3ccc(NC(=O)NS(=O)(=O)c4ccc(Cl)s4)cc3)cc(C(=O)OC)c2c1. The molecule has 0 bridgehead atoms. The molecule has 0 atom stereocenters. The van der Waals surface area contributed by atoms with Gasteiger partial charge in [0.2, 0.25) is 0 Å². The van der Waals surface area contributed by atoms with Gasteiger partial charge in [0, 0.05) is 41.1 Å². The number of rotatable bonds is 6. The predicted octanol–water partition coefficient (Wildman–Crippen LogP) is 4.04. The van der Waals surface area contributed by atoms with Gasteiger partial charge in [0.15, 0.2) is 0 Å². The molecule has 4 aromatic rings. The number of thiophene rings is 1. The van der Waals surface area contributed by atoms with Crippen LogP contribution >= 0.6 is 22.9 Å². The molecule has 0 saturated heterocycles. The van der Waals surface area contributed by atoms with Gasteiger partial charge in [-0.05, 0) is 54.6 Å². The average Bonchev–Trinajstić information content (AvgIpc) is 3.31. The number of carbonyl (C=O) groups excluding carboxylic acids is 2. The van der Waals surface area contributed by atoms with Gasteiger partial charge < -0.3 is 15.4 Å². The van der Waals surface area contributed by atoms with Crippen molar-refractivity contribution in [3.63, 3.8) is 0 Å². The van der Waals surface area contributed by atoms with E-state index < -0.39 is 22.0 Å². The van der Waals surface area contributed by atoms with Crippen LogP contribution in [0.2, 0.25) is 4.34 Å². The number of urea groups is 1. The topological polar surface area (TPSA) is 136 Å². The van der Waals surface area contributed by atoms with Gasteiger partial charge >= 0.3 is 12.0 Å². The van der Waals surface area contributed by atoms with E-state index >= 15 is 0 Å². The molecule has 2 aromatic carbocycles. The predicted molar refractivity (Wildman–Crippen MR) is 139 cm³/mol. The Bertz CT molecular complexity index is 1650. The zero-order valence-corrected chi connectivity index (χ0v) is 21.3. The summed E-state index contributed by atoms with van der Waals surface area (Å²) in [6.45, 7) is 0. The zero-order valence-electron chi connectivity index (χ0n) is 18.9. The second kappa shape index (κ2) is 10.0. The molecule has 13 heteroatoms. The average molecular weight is 547 g/mol. The standard InChI is InChI=1S/C23H19ClN4O6S2/c1-25-14-5-8-16-17(11-14)18(22(30)34-2)12-28(21(16)29)15-6-3-13(4-7-15)26-23(31)27-36(32,33)20-10-9-19(24)35-20/h3-12,25H,1-2H3,(H2,26,27,31). The van der Waals surface area contributed by atoms with E-state index in [1.807, 2.05) is 4.72 Å². The number of aromatic nitrogens is 1. The summed E-state index contributed by atoms with van der Waals surface area (Å²) >= 11 is 6.58. The fraction of sp³-hybridized carbons (Fsp3) is 0.0870. The Hall–Kier alpha value is -3.87. The Morgan fingerprint density at radius 3 is 2.31 bits per heavy atom. The van der Waals surface area contributed by atoms with Gasteiger partial charge in [0.1, 0.15) is 4.21 Å². The number of halogens is 1. The van der Waals surface area contributed by atoms with E-state index in [0.717, 1.165) is 17.0 Å². The number of nitrogens with one attached hydrogen (secondary N) is 3. The third-order valence-electron chi connectivity index (χ3n) is 5.15. The van der Waals surface area contributed by atoms with Crippen LogP contribution in [-0.4, -0.2) is 39.1 Å². The van der Waals surface area contributed by atoms with Crippen molar-refractivity contribution in [1.29, 1.82) is 0 Å². The minimum atomic E-state index is -4.08. The number of benzene rings is 2. The Labute approximate surface area is 214 Å². The van der Waals surface area contributed by atoms with Crippen LogP contribution in [0.25, 0.3) is 16.5 Å². The first-order chi connectivity index (χ1) is 17.1. The van der Waals surface area contributed by atoms with E-state index in [9.17, 15) is 22.8 Å². The Morgan fingerprint density at radius 2 is 1.69 bits per heavy atom. The Balaban J connectivity index is 1.62. The summed E-state index contributed by atoms with van der Waals surface area (Å²) in [6.07, 6.45) is 1.39. The molecule has 2 heterocycles. The van der Waals surface area contributed by atoms with Crippen molar-refractivity contribution in [3.8, 4) is 5.69 Å². The van der Waals surface area contributed by atoms with Gasteiger partial charge in [-0.25, -0.2) is 22.7 Å². The molecule has 10 nitrogen and oxygen atoms in total. The summed E-state index contributed by atoms with van der Waals surface area (Å²) < 4.78 is 32.8. The molecule has 4 rings (SSSR count). The van der Waals surface area contributed by atoms with Gasteiger partial charge in [0.25, 0.3) is 15.6 Å². The van der Waals surface area contributed by atoms with Crippen LogP contribution in [0.3, 0.4) is 0 Å². The van der Waals surface area contributed by atoms with Crippen LogP contribution < -0.4 is 20.9 Å². The number of nitrogens with zero attached hydrogens (tertiary/aromatic N) is 1. The number of carbonyl (C=O) groups is 2. The molecule has 0 aliphatic heterocycles. The molecule has 0 radical (unpaired) electrons. The second-order valence-electron chi connectivity index (χ2n) is 7.38. The Kier molecular flexibility index (Phi) is 7.02. The van der Waals surface area contributed by atoms with Gasteiger partial charge in [-0.3, -0.25) is 9.36 Å². The summed E-state index contributed by atoms with van der Waals surface area (Å²) in [5.41, 5.74) is 1.25. The largest absolute Gasteiger partial charge is 0.465 e. The summed E-state index contributed by atoms with van der Waals surface area (Å²) in [6, 6.07) is 12.8. The quantitative estimate of drug-likeness (QED) is 0.310. The van der Waals surface area contributed by atoms with Crippen molar-refractivity contribution in [2.24, 2.45) is 0 Å². The first kappa shape index (κ1) is 25.2. The molecule has 0 saturated carbocycles. The molecule has 36 heavy (non-hydrogen) atoms. The number of fused-ring (bicyclic) bond motifs is 1. The maximum atomic E-state index is 13.2. The molecule has 2 aromatic heterocycles. The molecule has 0 unspecified atom stereocenters. The maximum absolute atomic E-state index is 13.2. The van der Waals surface area contributed by atoms with E-state index in [1.165, 1.54) is 42.1 Å². The highest BCUT2D eigenvalue weighted by Crippen LogP contribution is 2.26. The molecular formula is C23H19ClN4O6S2. The first-order valence-corrected chi connectivity index (χ1v) is 13.0. The molecular weight excluding hydrogens is 528 g/mol. The second-order valence-corrected chi connectivity index (χ2v) is 11.0. The lowest BCUT2D eigenvalue weighted by Crippen LogP contribution is -2.33. The van der Waals surface area contributed by atoms with Crippen molar-refractivity contribution < 1.29 is 22.7 Å². The van der Waals surface area contributed by atoms with E-state index in [0.29, 0.717) is 16.5 Å². The van der Waals surface area contributed by atoms with Gasteiger partial charge in [-0.2, -0.15) is 0 Å². The monoisotopic (exact) mass is 546 g/mol. The summed E-state index contributed by atoms with van der Waals surface area (Å²) in [5, 5.41) is 6.15. The van der Waals surface area contributed by atoms with E-state index in [4.69, 9.17) is 16.3 Å². The number of hydrogen-bond acceptors (Lipinski definition) is 8. The molecule has 0 spiro atoms. The number of methoxy groups -OCH3 is 1. The summed E-state index contributed by atoms with van der Waals surface area (Å²) in [5.74, 6) is -0.606. The molecule has 0 aliphatic carbocycles. The van der Waals surface area contributed by atoms with Crippen molar-refractivity contribution >= 4 is 67.1 Å². The van der Waals surface area contributed by atoms with Gasteiger partial charge in [0.05, 0.1) is 17.0 Å². The maximum Gasteiger partial charge on any atom is 0.340 e. The van der Waals surface area contributed by atoms with Crippen LogP contribution in [-0.2, 0) is 14.8 Å². The number of amides is 2. The van der Waals surface area contributed by atoms with E-state index in [-0.39, 0.29) is 25.4 Å². The summed E-state index contributed by atoms with van der Waals surface area (Å²) in [7, 11) is -1.10. The number of anilines is 2. The molecule has 0 fully saturated rings.